The van der Waals surface area contributed by atoms with E-state index in [1.54, 1.807) is 0 Å². The van der Waals surface area contributed by atoms with Gasteiger partial charge in [0.25, 0.3) is 0 Å². The van der Waals surface area contributed by atoms with Gasteiger partial charge in [0.15, 0.2) is 0 Å². The fraction of sp³-hybridized carbons (Fsp3) is 0.444. The molecule has 2 aromatic rings. The lowest BCUT2D eigenvalue weighted by molar-refractivity contribution is -0.119. The zero-order valence-electron chi connectivity index (χ0n) is 15.6. The van der Waals surface area contributed by atoms with Crippen LogP contribution in [0.4, 0.5) is 17.6 Å². The lowest BCUT2D eigenvalue weighted by Crippen LogP contribution is -2.37. The maximum absolute atomic E-state index is 11.9. The van der Waals surface area contributed by atoms with Gasteiger partial charge in [0.1, 0.15) is 5.82 Å². The number of nitrogen functional groups attached to an aromatic ring is 1. The number of aromatic nitrogens is 3. The van der Waals surface area contributed by atoms with E-state index in [1.165, 1.54) is 11.8 Å². The number of amides is 1. The molecular weight excluding hydrogens is 348 g/mol. The summed E-state index contributed by atoms with van der Waals surface area (Å²) in [6.07, 6.45) is 0. The van der Waals surface area contributed by atoms with Crippen LogP contribution in [0.25, 0.3) is 0 Å². The number of benzene rings is 1. The van der Waals surface area contributed by atoms with Crippen LogP contribution in [0.2, 0.25) is 0 Å². The Balaban J connectivity index is 1.93. The van der Waals surface area contributed by atoms with Crippen molar-refractivity contribution in [2.45, 2.75) is 39.5 Å². The molecule has 0 spiro atoms. The van der Waals surface area contributed by atoms with E-state index >= 15 is 0 Å². The highest BCUT2D eigenvalue weighted by molar-refractivity contribution is 7.99. The molecule has 0 aliphatic rings. The third-order valence-electron chi connectivity index (χ3n) is 3.94. The van der Waals surface area contributed by atoms with Gasteiger partial charge in [-0.25, -0.2) is 0 Å². The van der Waals surface area contributed by atoms with Crippen LogP contribution in [0.5, 0.6) is 0 Å². The first-order valence-electron chi connectivity index (χ1n) is 8.55. The van der Waals surface area contributed by atoms with Gasteiger partial charge >= 0.3 is 0 Å². The van der Waals surface area contributed by atoms with Crippen molar-refractivity contribution in [3.63, 3.8) is 0 Å². The molecule has 26 heavy (non-hydrogen) atoms. The smallest absolute Gasteiger partial charge is 0.232 e. The average Bonchev–Trinajstić information content (AvgIpc) is 2.56. The van der Waals surface area contributed by atoms with Crippen molar-refractivity contribution in [1.29, 1.82) is 0 Å². The number of hydrogen-bond donors (Lipinski definition) is 3. The monoisotopic (exact) mass is 374 g/mol. The van der Waals surface area contributed by atoms with Crippen LogP contribution in [0.3, 0.4) is 0 Å². The summed E-state index contributed by atoms with van der Waals surface area (Å²) in [7, 11) is 0. The Morgan fingerprint density at radius 3 is 2.62 bits per heavy atom. The van der Waals surface area contributed by atoms with Crippen LogP contribution in [-0.2, 0) is 10.5 Å². The first-order chi connectivity index (χ1) is 12.3. The predicted molar refractivity (Wildman–Crippen MR) is 107 cm³/mol. The zero-order chi connectivity index (χ0) is 19.1. The van der Waals surface area contributed by atoms with Crippen LogP contribution in [0, 0.1) is 12.8 Å². The highest BCUT2D eigenvalue weighted by Gasteiger charge is 2.12. The summed E-state index contributed by atoms with van der Waals surface area (Å²) in [5, 5.41) is 6.14. The third kappa shape index (κ3) is 6.18. The first kappa shape index (κ1) is 20.0. The van der Waals surface area contributed by atoms with Gasteiger partial charge in [-0.3, -0.25) is 4.79 Å². The summed E-state index contributed by atoms with van der Waals surface area (Å²) in [6.45, 7) is 8.16. The number of nitrogens with zero attached hydrogens (tertiary/aromatic N) is 3. The normalized spacial score (nSPS) is 12.0. The number of anilines is 3. The van der Waals surface area contributed by atoms with Crippen LogP contribution in [-0.4, -0.2) is 32.7 Å². The van der Waals surface area contributed by atoms with E-state index in [-0.39, 0.29) is 17.9 Å². The minimum absolute atomic E-state index is 0.0106. The number of thioether (sulfide) groups is 1. The number of rotatable bonds is 8. The second-order valence-electron chi connectivity index (χ2n) is 6.47. The minimum Gasteiger partial charge on any atom is -0.368 e. The van der Waals surface area contributed by atoms with Crippen LogP contribution >= 0.6 is 11.8 Å². The van der Waals surface area contributed by atoms with Crippen molar-refractivity contribution >= 4 is 35.3 Å². The van der Waals surface area contributed by atoms with E-state index in [9.17, 15) is 4.79 Å². The summed E-state index contributed by atoms with van der Waals surface area (Å²) in [5.41, 5.74) is 7.79. The number of nitrogens with one attached hydrogen (secondary N) is 2. The number of carbonyl (C=O) groups is 1. The number of carbonyl (C=O) groups excluding carboxylic acids is 1. The van der Waals surface area contributed by atoms with E-state index in [1.807, 2.05) is 38.1 Å². The number of para-hydroxylation sites is 1. The molecule has 0 aliphatic carbocycles. The SMILES string of the molecule is Cc1ccccc1Nc1nc(N)nc(CSCC(=O)N[C@H](C)C(C)C)n1. The molecule has 0 aliphatic heterocycles. The molecule has 0 radical (unpaired) electrons. The summed E-state index contributed by atoms with van der Waals surface area (Å²) in [5.74, 6) is 2.36. The molecule has 1 atom stereocenters. The van der Waals surface area contributed by atoms with Crippen LogP contribution < -0.4 is 16.4 Å². The van der Waals surface area contributed by atoms with Gasteiger partial charge in [-0.1, -0.05) is 32.0 Å². The maximum atomic E-state index is 11.9. The highest BCUT2D eigenvalue weighted by Crippen LogP contribution is 2.18. The standard InChI is InChI=1S/C18H26N6OS/c1-11(2)13(4)20-16(25)10-26-9-15-22-17(19)24-18(23-15)21-14-8-6-5-7-12(14)3/h5-8,11,13H,9-10H2,1-4H3,(H,20,25)(H3,19,21,22,23,24)/t13-/m1/s1. The zero-order valence-corrected chi connectivity index (χ0v) is 16.4. The Morgan fingerprint density at radius 1 is 1.19 bits per heavy atom. The molecule has 1 heterocycles. The number of aryl methyl sites for hydroxylation is 1. The second kappa shape index (κ2) is 9.38. The van der Waals surface area contributed by atoms with Gasteiger partial charge < -0.3 is 16.4 Å². The second-order valence-corrected chi connectivity index (χ2v) is 7.45. The lowest BCUT2D eigenvalue weighted by atomic mass is 10.1. The van der Waals surface area contributed by atoms with Crippen molar-refractivity contribution in [2.75, 3.05) is 16.8 Å². The third-order valence-corrected chi connectivity index (χ3v) is 4.87. The molecule has 0 saturated carbocycles. The fourth-order valence-electron chi connectivity index (χ4n) is 2.09. The molecule has 2 rings (SSSR count). The Hall–Kier alpha value is -2.35. The van der Waals surface area contributed by atoms with Gasteiger partial charge in [0.05, 0.1) is 11.5 Å². The molecule has 7 nitrogen and oxygen atoms in total. The predicted octanol–water partition coefficient (Wildman–Crippen LogP) is 2.90. The molecule has 1 amide bonds. The first-order valence-corrected chi connectivity index (χ1v) is 9.71. The Labute approximate surface area is 158 Å². The van der Waals surface area contributed by atoms with E-state index in [0.717, 1.165) is 11.3 Å². The summed E-state index contributed by atoms with van der Waals surface area (Å²) in [4.78, 5) is 24.6. The van der Waals surface area contributed by atoms with Crippen molar-refractivity contribution < 1.29 is 4.79 Å². The van der Waals surface area contributed by atoms with Gasteiger partial charge in [-0.05, 0) is 31.4 Å². The van der Waals surface area contributed by atoms with Crippen molar-refractivity contribution in [3.8, 4) is 0 Å². The Kier molecular flexibility index (Phi) is 7.20. The molecule has 0 unspecified atom stereocenters. The molecular formula is C18H26N6OS. The topological polar surface area (TPSA) is 106 Å². The van der Waals surface area contributed by atoms with E-state index in [4.69, 9.17) is 5.73 Å². The van der Waals surface area contributed by atoms with Crippen LogP contribution in [0.15, 0.2) is 24.3 Å². The van der Waals surface area contributed by atoms with Crippen molar-refractivity contribution in [3.05, 3.63) is 35.7 Å². The summed E-state index contributed by atoms with van der Waals surface area (Å²) < 4.78 is 0. The Bertz CT molecular complexity index is 752. The minimum atomic E-state index is 0.0106. The van der Waals surface area contributed by atoms with Crippen LogP contribution in [0.1, 0.15) is 32.2 Å². The summed E-state index contributed by atoms with van der Waals surface area (Å²) in [6, 6.07) is 8.01. The van der Waals surface area contributed by atoms with Gasteiger partial charge in [0, 0.05) is 11.7 Å². The quantitative estimate of drug-likeness (QED) is 0.652. The molecule has 0 saturated heterocycles. The van der Waals surface area contributed by atoms with E-state index in [2.05, 4.69) is 39.4 Å². The van der Waals surface area contributed by atoms with E-state index < -0.39 is 0 Å². The number of hydrogen-bond acceptors (Lipinski definition) is 7. The van der Waals surface area contributed by atoms with Gasteiger partial charge in [-0.2, -0.15) is 15.0 Å². The Morgan fingerprint density at radius 2 is 1.92 bits per heavy atom. The summed E-state index contributed by atoms with van der Waals surface area (Å²) >= 11 is 1.45. The van der Waals surface area contributed by atoms with Crippen molar-refractivity contribution in [1.82, 2.24) is 20.3 Å². The highest BCUT2D eigenvalue weighted by atomic mass is 32.2. The van der Waals surface area contributed by atoms with Crippen molar-refractivity contribution in [2.24, 2.45) is 5.92 Å². The molecule has 0 fully saturated rings. The molecule has 8 heteroatoms. The fourth-order valence-corrected chi connectivity index (χ4v) is 2.77. The molecule has 1 aromatic carbocycles. The molecule has 0 bridgehead atoms. The molecule has 4 N–H and O–H groups in total. The lowest BCUT2D eigenvalue weighted by Gasteiger charge is -2.17. The molecule has 1 aromatic heterocycles. The molecule has 140 valence electrons. The maximum Gasteiger partial charge on any atom is 0.232 e. The van der Waals surface area contributed by atoms with E-state index in [0.29, 0.717) is 29.2 Å². The average molecular weight is 375 g/mol. The van der Waals surface area contributed by atoms with Gasteiger partial charge in [-0.15, -0.1) is 11.8 Å². The number of nitrogens with two attached hydrogens (primary N) is 1. The largest absolute Gasteiger partial charge is 0.368 e. The van der Waals surface area contributed by atoms with Gasteiger partial charge in [0.2, 0.25) is 17.8 Å².